The largest absolute Gasteiger partial charge is 0.363 e. The number of rotatable bonds is 4. The average molecular weight is 284 g/mol. The molecule has 0 fully saturated rings. The normalized spacial score (nSPS) is 12.8. The van der Waals surface area contributed by atoms with Crippen LogP contribution in [0.4, 0.5) is 5.82 Å². The molecule has 0 saturated heterocycles. The van der Waals surface area contributed by atoms with Gasteiger partial charge in [-0.1, -0.05) is 6.92 Å². The smallest absolute Gasteiger partial charge is 0.157 e. The number of H-pyrrole nitrogens is 1. The van der Waals surface area contributed by atoms with Gasteiger partial charge < -0.3 is 5.32 Å². The van der Waals surface area contributed by atoms with Crippen molar-refractivity contribution in [3.63, 3.8) is 0 Å². The van der Waals surface area contributed by atoms with Crippen molar-refractivity contribution in [2.24, 2.45) is 0 Å². The number of nitrogens with one attached hydrogen (secondary N) is 2. The molecule has 1 unspecified atom stereocenters. The van der Waals surface area contributed by atoms with Gasteiger partial charge in [0.1, 0.15) is 5.82 Å². The molecule has 1 atom stereocenters. The van der Waals surface area contributed by atoms with E-state index in [1.54, 1.807) is 6.20 Å². The van der Waals surface area contributed by atoms with E-state index in [9.17, 15) is 0 Å². The van der Waals surface area contributed by atoms with Crippen molar-refractivity contribution in [1.29, 1.82) is 0 Å². The first-order valence-electron chi connectivity index (χ1n) is 7.21. The first kappa shape index (κ1) is 13.6. The van der Waals surface area contributed by atoms with E-state index in [0.29, 0.717) is 0 Å². The highest BCUT2D eigenvalue weighted by molar-refractivity contribution is 5.50. The van der Waals surface area contributed by atoms with Crippen molar-refractivity contribution in [2.75, 3.05) is 5.32 Å². The van der Waals surface area contributed by atoms with E-state index in [-0.39, 0.29) is 6.04 Å². The van der Waals surface area contributed by atoms with Crippen LogP contribution in [0.5, 0.6) is 0 Å². The maximum atomic E-state index is 4.56. The Hall–Kier alpha value is -2.37. The second kappa shape index (κ2) is 5.20. The topological polar surface area (TPSA) is 70.9 Å². The van der Waals surface area contributed by atoms with E-state index >= 15 is 0 Å². The third-order valence-corrected chi connectivity index (χ3v) is 3.76. The maximum absolute atomic E-state index is 4.56. The molecule has 110 valence electrons. The summed E-state index contributed by atoms with van der Waals surface area (Å²) in [5.41, 5.74) is 5.23. The Morgan fingerprint density at radius 2 is 2.19 bits per heavy atom. The number of nitrogens with zero attached hydrogens (tertiary/aromatic N) is 4. The van der Waals surface area contributed by atoms with E-state index in [2.05, 4.69) is 45.5 Å². The van der Waals surface area contributed by atoms with Crippen molar-refractivity contribution in [1.82, 2.24) is 24.8 Å². The van der Waals surface area contributed by atoms with Crippen molar-refractivity contribution in [3.05, 3.63) is 41.0 Å². The molecule has 0 radical (unpaired) electrons. The molecule has 3 heterocycles. The van der Waals surface area contributed by atoms with Gasteiger partial charge in [-0.05, 0) is 27.2 Å². The van der Waals surface area contributed by atoms with Gasteiger partial charge in [-0.25, -0.2) is 4.98 Å². The molecule has 0 aromatic carbocycles. The number of fused-ring (bicyclic) bond motifs is 1. The summed E-state index contributed by atoms with van der Waals surface area (Å²) < 4.78 is 1.83. The molecule has 0 spiro atoms. The zero-order valence-corrected chi connectivity index (χ0v) is 12.8. The summed E-state index contributed by atoms with van der Waals surface area (Å²) in [6, 6.07) is 4.12. The molecule has 0 aliphatic heterocycles. The summed E-state index contributed by atoms with van der Waals surface area (Å²) in [5.74, 6) is 0.953. The number of hydrogen-bond donors (Lipinski definition) is 2. The molecule has 3 aromatic rings. The van der Waals surface area contributed by atoms with E-state index in [0.717, 1.165) is 35.0 Å². The lowest BCUT2D eigenvalue weighted by molar-refractivity contribution is 0.823. The molecule has 6 heteroatoms. The Kier molecular flexibility index (Phi) is 3.37. The molecular weight excluding hydrogens is 264 g/mol. The minimum Gasteiger partial charge on any atom is -0.363 e. The third-order valence-electron chi connectivity index (χ3n) is 3.76. The summed E-state index contributed by atoms with van der Waals surface area (Å²) >= 11 is 0. The van der Waals surface area contributed by atoms with Crippen LogP contribution in [0.25, 0.3) is 5.65 Å². The highest BCUT2D eigenvalue weighted by atomic mass is 15.3. The molecule has 21 heavy (non-hydrogen) atoms. The molecule has 0 saturated carbocycles. The van der Waals surface area contributed by atoms with Gasteiger partial charge in [-0.2, -0.15) is 14.7 Å². The van der Waals surface area contributed by atoms with Crippen LogP contribution in [0.1, 0.15) is 42.5 Å². The Morgan fingerprint density at radius 3 is 2.86 bits per heavy atom. The Balaban J connectivity index is 1.99. The molecule has 2 N–H and O–H groups in total. The van der Waals surface area contributed by atoms with Gasteiger partial charge in [0.15, 0.2) is 5.65 Å². The molecular formula is C15H20N6. The van der Waals surface area contributed by atoms with Crippen molar-refractivity contribution < 1.29 is 0 Å². The van der Waals surface area contributed by atoms with E-state index < -0.39 is 0 Å². The lowest BCUT2D eigenvalue weighted by Gasteiger charge is -2.17. The van der Waals surface area contributed by atoms with Crippen molar-refractivity contribution in [2.45, 2.75) is 40.2 Å². The quantitative estimate of drug-likeness (QED) is 0.773. The van der Waals surface area contributed by atoms with Crippen molar-refractivity contribution >= 4 is 11.5 Å². The standard InChI is InChI=1S/C15H20N6/c1-5-12-8-14(21-13(18-12)6-7-16-21)17-9(2)15-10(3)19-20-11(15)4/h6-9,17H,5H2,1-4H3,(H,19,20). The second-order valence-corrected chi connectivity index (χ2v) is 5.30. The van der Waals surface area contributed by atoms with E-state index in [1.165, 1.54) is 5.56 Å². The van der Waals surface area contributed by atoms with Gasteiger partial charge >= 0.3 is 0 Å². The fourth-order valence-electron chi connectivity index (χ4n) is 2.74. The predicted molar refractivity (Wildman–Crippen MR) is 82.5 cm³/mol. The molecule has 3 aromatic heterocycles. The SMILES string of the molecule is CCc1cc(NC(C)c2c(C)n[nH]c2C)n2nccc2n1. The number of hydrogen-bond acceptors (Lipinski definition) is 4. The minimum absolute atomic E-state index is 0.142. The zero-order chi connectivity index (χ0) is 15.0. The van der Waals surface area contributed by atoms with Crippen LogP contribution in [0.3, 0.4) is 0 Å². The highest BCUT2D eigenvalue weighted by Crippen LogP contribution is 2.24. The van der Waals surface area contributed by atoms with Crippen LogP contribution in [-0.4, -0.2) is 24.8 Å². The molecule has 3 rings (SSSR count). The summed E-state index contributed by atoms with van der Waals surface area (Å²) in [6.07, 6.45) is 2.67. The van der Waals surface area contributed by atoms with Gasteiger partial charge in [0, 0.05) is 29.1 Å². The van der Waals surface area contributed by atoms with Crippen LogP contribution < -0.4 is 5.32 Å². The van der Waals surface area contributed by atoms with Crippen molar-refractivity contribution in [3.8, 4) is 0 Å². The predicted octanol–water partition coefficient (Wildman–Crippen LogP) is 2.80. The van der Waals surface area contributed by atoms with Crippen LogP contribution in [-0.2, 0) is 6.42 Å². The van der Waals surface area contributed by atoms with Crippen LogP contribution in [0, 0.1) is 13.8 Å². The van der Waals surface area contributed by atoms with Gasteiger partial charge in [-0.3, -0.25) is 5.10 Å². The molecule has 0 amide bonds. The first-order valence-corrected chi connectivity index (χ1v) is 7.21. The third kappa shape index (κ3) is 2.37. The Labute approximate surface area is 123 Å². The fraction of sp³-hybridized carbons (Fsp3) is 0.400. The molecule has 0 aliphatic carbocycles. The number of aryl methyl sites for hydroxylation is 3. The lowest BCUT2D eigenvalue weighted by Crippen LogP contribution is -2.13. The molecule has 6 nitrogen and oxygen atoms in total. The van der Waals surface area contributed by atoms with Crippen LogP contribution in [0.15, 0.2) is 18.3 Å². The molecule has 0 aliphatic rings. The van der Waals surface area contributed by atoms with Gasteiger partial charge in [-0.15, -0.1) is 0 Å². The Bertz CT molecular complexity index is 750. The number of aromatic amines is 1. The minimum atomic E-state index is 0.142. The maximum Gasteiger partial charge on any atom is 0.157 e. The molecule has 0 bridgehead atoms. The zero-order valence-electron chi connectivity index (χ0n) is 12.8. The summed E-state index contributed by atoms with van der Waals surface area (Å²) in [6.45, 7) is 8.30. The Morgan fingerprint density at radius 1 is 1.38 bits per heavy atom. The van der Waals surface area contributed by atoms with Crippen LogP contribution >= 0.6 is 0 Å². The average Bonchev–Trinajstić information content (AvgIpc) is 3.05. The first-order chi connectivity index (χ1) is 10.1. The second-order valence-electron chi connectivity index (χ2n) is 5.30. The fourth-order valence-corrected chi connectivity index (χ4v) is 2.74. The van der Waals surface area contributed by atoms with Gasteiger partial charge in [0.2, 0.25) is 0 Å². The lowest BCUT2D eigenvalue weighted by atomic mass is 10.1. The van der Waals surface area contributed by atoms with Gasteiger partial charge in [0.05, 0.1) is 17.9 Å². The van der Waals surface area contributed by atoms with E-state index in [4.69, 9.17) is 0 Å². The highest BCUT2D eigenvalue weighted by Gasteiger charge is 2.16. The number of anilines is 1. The summed E-state index contributed by atoms with van der Waals surface area (Å²) in [5, 5.41) is 15.2. The van der Waals surface area contributed by atoms with Gasteiger partial charge in [0.25, 0.3) is 0 Å². The number of aromatic nitrogens is 5. The van der Waals surface area contributed by atoms with E-state index in [1.807, 2.05) is 24.4 Å². The van der Waals surface area contributed by atoms with Crippen LogP contribution in [0.2, 0.25) is 0 Å². The summed E-state index contributed by atoms with van der Waals surface area (Å²) in [7, 11) is 0. The summed E-state index contributed by atoms with van der Waals surface area (Å²) in [4.78, 5) is 4.56. The monoisotopic (exact) mass is 284 g/mol.